The standard InChI is InChI=1S/C27H26F4N6O4/c1-15-12-35(21(39)14-38)7-8-36(15)27-32-10-17(11-33-27)22-19(28)9-18-24(23(22)29)37(34(2)25(18)40)13-16-5-3-4-6-20(16)41-26(30)31/h3-6,9-11,15,26,38H,7-8,12-14H2,1-2H3. The highest BCUT2D eigenvalue weighted by molar-refractivity contribution is 5.86. The second-order valence-corrected chi connectivity index (χ2v) is 9.63. The smallest absolute Gasteiger partial charge is 0.387 e. The summed E-state index contributed by atoms with van der Waals surface area (Å²) in [6, 6.07) is 6.68. The molecule has 216 valence electrons. The Morgan fingerprint density at radius 2 is 1.88 bits per heavy atom. The normalized spacial score (nSPS) is 15.7. The Morgan fingerprint density at radius 1 is 1.17 bits per heavy atom. The number of anilines is 1. The molecular weight excluding hydrogens is 548 g/mol. The molecule has 1 saturated heterocycles. The quantitative estimate of drug-likeness (QED) is 0.339. The van der Waals surface area contributed by atoms with E-state index in [1.165, 1.54) is 47.2 Å². The van der Waals surface area contributed by atoms with E-state index in [9.17, 15) is 18.4 Å². The zero-order chi connectivity index (χ0) is 29.4. The molecule has 1 amide bonds. The molecule has 1 fully saturated rings. The van der Waals surface area contributed by atoms with Gasteiger partial charge in [-0.1, -0.05) is 18.2 Å². The van der Waals surface area contributed by atoms with Crippen LogP contribution in [0.1, 0.15) is 12.5 Å². The summed E-state index contributed by atoms with van der Waals surface area (Å²) >= 11 is 0. The van der Waals surface area contributed by atoms with Gasteiger partial charge in [-0.25, -0.2) is 18.7 Å². The topological polar surface area (TPSA) is 106 Å². The van der Waals surface area contributed by atoms with E-state index in [1.54, 1.807) is 6.07 Å². The first-order chi connectivity index (χ1) is 19.6. The maximum absolute atomic E-state index is 16.1. The van der Waals surface area contributed by atoms with Crippen LogP contribution in [0, 0.1) is 11.6 Å². The fourth-order valence-corrected chi connectivity index (χ4v) is 5.09. The second kappa shape index (κ2) is 11.2. The van der Waals surface area contributed by atoms with Crippen molar-refractivity contribution in [2.75, 3.05) is 31.1 Å². The minimum absolute atomic E-state index is 0.0247. The molecule has 41 heavy (non-hydrogen) atoms. The van der Waals surface area contributed by atoms with Crippen molar-refractivity contribution in [3.05, 3.63) is 70.3 Å². The van der Waals surface area contributed by atoms with E-state index in [2.05, 4.69) is 14.7 Å². The molecule has 10 nitrogen and oxygen atoms in total. The van der Waals surface area contributed by atoms with Crippen molar-refractivity contribution in [3.8, 4) is 16.9 Å². The van der Waals surface area contributed by atoms with Crippen LogP contribution < -0.4 is 15.2 Å². The van der Waals surface area contributed by atoms with Gasteiger partial charge in [0.2, 0.25) is 11.9 Å². The average molecular weight is 575 g/mol. The molecule has 2 aromatic carbocycles. The summed E-state index contributed by atoms with van der Waals surface area (Å²) in [5.41, 5.74) is -1.06. The fourth-order valence-electron chi connectivity index (χ4n) is 5.09. The first-order valence-electron chi connectivity index (χ1n) is 12.7. The molecule has 0 spiro atoms. The first kappa shape index (κ1) is 28.1. The third kappa shape index (κ3) is 5.22. The number of nitrogens with zero attached hydrogens (tertiary/aromatic N) is 6. The molecule has 1 aliphatic rings. The highest BCUT2D eigenvalue weighted by Gasteiger charge is 2.29. The maximum atomic E-state index is 16.1. The number of para-hydroxylation sites is 1. The van der Waals surface area contributed by atoms with Crippen LogP contribution in [-0.2, 0) is 18.4 Å². The predicted molar refractivity (Wildman–Crippen MR) is 141 cm³/mol. The molecule has 1 unspecified atom stereocenters. The van der Waals surface area contributed by atoms with Gasteiger partial charge in [0, 0.05) is 56.2 Å². The summed E-state index contributed by atoms with van der Waals surface area (Å²) in [5, 5.41) is 8.89. The van der Waals surface area contributed by atoms with Crippen molar-refractivity contribution in [2.45, 2.75) is 26.1 Å². The van der Waals surface area contributed by atoms with E-state index < -0.39 is 36.0 Å². The van der Waals surface area contributed by atoms with Crippen molar-refractivity contribution < 1.29 is 32.2 Å². The Balaban J connectivity index is 1.51. The average Bonchev–Trinajstić information content (AvgIpc) is 3.18. The van der Waals surface area contributed by atoms with Gasteiger partial charge in [-0.05, 0) is 19.1 Å². The monoisotopic (exact) mass is 574 g/mol. The molecule has 2 aromatic heterocycles. The van der Waals surface area contributed by atoms with Gasteiger partial charge in [0.1, 0.15) is 23.7 Å². The van der Waals surface area contributed by atoms with Crippen LogP contribution >= 0.6 is 0 Å². The number of amides is 1. The number of hydrogen-bond donors (Lipinski definition) is 1. The molecule has 4 aromatic rings. The summed E-state index contributed by atoms with van der Waals surface area (Å²) in [6.07, 6.45) is 2.54. The van der Waals surface area contributed by atoms with E-state index in [0.717, 1.165) is 10.7 Å². The summed E-state index contributed by atoms with van der Waals surface area (Å²) in [5.74, 6) is -2.25. The van der Waals surface area contributed by atoms with Gasteiger partial charge < -0.3 is 19.6 Å². The molecule has 5 rings (SSSR count). The van der Waals surface area contributed by atoms with Crippen LogP contribution in [0.25, 0.3) is 22.0 Å². The molecule has 1 atom stereocenters. The molecule has 1 aliphatic heterocycles. The zero-order valence-corrected chi connectivity index (χ0v) is 22.1. The van der Waals surface area contributed by atoms with Crippen LogP contribution in [0.2, 0.25) is 0 Å². The van der Waals surface area contributed by atoms with Crippen LogP contribution in [0.5, 0.6) is 5.75 Å². The predicted octanol–water partition coefficient (Wildman–Crippen LogP) is 2.75. The fraction of sp³-hybridized carbons (Fsp3) is 0.333. The number of carbonyl (C=O) groups is 1. The number of aliphatic hydroxyl groups excluding tert-OH is 1. The SMILES string of the molecule is CC1CN(C(=O)CO)CCN1c1ncc(-c2c(F)cc3c(=O)n(C)n(Cc4ccccc4OC(F)F)c3c2F)cn1. The van der Waals surface area contributed by atoms with Crippen molar-refractivity contribution in [2.24, 2.45) is 7.05 Å². The van der Waals surface area contributed by atoms with Crippen molar-refractivity contribution in [3.63, 3.8) is 0 Å². The Kier molecular flexibility index (Phi) is 7.67. The van der Waals surface area contributed by atoms with Crippen molar-refractivity contribution in [1.29, 1.82) is 0 Å². The number of aliphatic hydroxyl groups is 1. The number of fused-ring (bicyclic) bond motifs is 1. The van der Waals surface area contributed by atoms with Crippen molar-refractivity contribution >= 4 is 22.8 Å². The van der Waals surface area contributed by atoms with Gasteiger partial charge in [0.05, 0.1) is 17.5 Å². The summed E-state index contributed by atoms with van der Waals surface area (Å²) in [7, 11) is 1.36. The number of ether oxygens (including phenoxy) is 1. The molecule has 0 bridgehead atoms. The summed E-state index contributed by atoms with van der Waals surface area (Å²) in [6.45, 7) is -0.915. The molecule has 0 aliphatic carbocycles. The Bertz CT molecular complexity index is 1660. The number of halogens is 4. The second-order valence-electron chi connectivity index (χ2n) is 9.63. The van der Waals surface area contributed by atoms with Gasteiger partial charge in [0.15, 0.2) is 5.82 Å². The number of rotatable bonds is 7. The van der Waals surface area contributed by atoms with Gasteiger partial charge in [0.25, 0.3) is 5.56 Å². The van der Waals surface area contributed by atoms with E-state index in [0.29, 0.717) is 25.6 Å². The zero-order valence-electron chi connectivity index (χ0n) is 22.1. The lowest BCUT2D eigenvalue weighted by atomic mass is 10.1. The number of hydrogen-bond acceptors (Lipinski definition) is 7. The Labute approximate surface area is 231 Å². The number of alkyl halides is 2. The van der Waals surface area contributed by atoms with Gasteiger partial charge >= 0.3 is 6.61 Å². The highest BCUT2D eigenvalue weighted by atomic mass is 19.3. The highest BCUT2D eigenvalue weighted by Crippen LogP contribution is 2.32. The van der Waals surface area contributed by atoms with Crippen LogP contribution in [-0.4, -0.2) is 74.1 Å². The molecule has 14 heteroatoms. The molecule has 1 N–H and O–H groups in total. The van der Waals surface area contributed by atoms with E-state index in [4.69, 9.17) is 5.11 Å². The van der Waals surface area contributed by atoms with E-state index >= 15 is 8.78 Å². The van der Waals surface area contributed by atoms with Crippen LogP contribution in [0.3, 0.4) is 0 Å². The Morgan fingerprint density at radius 3 is 2.54 bits per heavy atom. The molecule has 3 heterocycles. The lowest BCUT2D eigenvalue weighted by molar-refractivity contribution is -0.134. The third-order valence-electron chi connectivity index (χ3n) is 7.14. The molecule has 0 radical (unpaired) electrons. The maximum Gasteiger partial charge on any atom is 0.387 e. The van der Waals surface area contributed by atoms with Gasteiger partial charge in [-0.3, -0.25) is 19.0 Å². The first-order valence-corrected chi connectivity index (χ1v) is 12.7. The largest absolute Gasteiger partial charge is 0.434 e. The number of benzene rings is 2. The summed E-state index contributed by atoms with van der Waals surface area (Å²) in [4.78, 5) is 36.7. The van der Waals surface area contributed by atoms with Gasteiger partial charge in [-0.15, -0.1) is 0 Å². The lowest BCUT2D eigenvalue weighted by Crippen LogP contribution is -2.54. The van der Waals surface area contributed by atoms with Crippen LogP contribution in [0.4, 0.5) is 23.5 Å². The number of piperazine rings is 1. The minimum atomic E-state index is -3.09. The van der Waals surface area contributed by atoms with Crippen LogP contribution in [0.15, 0.2) is 47.5 Å². The number of carbonyl (C=O) groups excluding carboxylic acids is 1. The Hall–Kier alpha value is -4.46. The van der Waals surface area contributed by atoms with Gasteiger partial charge in [-0.2, -0.15) is 8.78 Å². The molecular formula is C27H26F4N6O4. The van der Waals surface area contributed by atoms with E-state index in [-0.39, 0.29) is 46.3 Å². The number of aromatic nitrogens is 4. The van der Waals surface area contributed by atoms with Crippen molar-refractivity contribution in [1.82, 2.24) is 24.2 Å². The summed E-state index contributed by atoms with van der Waals surface area (Å²) < 4.78 is 64.1. The third-order valence-corrected chi connectivity index (χ3v) is 7.14. The minimum Gasteiger partial charge on any atom is -0.434 e. The lowest BCUT2D eigenvalue weighted by Gasteiger charge is -2.39. The molecule has 0 saturated carbocycles. The van der Waals surface area contributed by atoms with E-state index in [1.807, 2.05) is 11.8 Å².